The summed E-state index contributed by atoms with van der Waals surface area (Å²) in [6, 6.07) is 4.58. The van der Waals surface area contributed by atoms with Gasteiger partial charge in [-0.2, -0.15) is 0 Å². The van der Waals surface area contributed by atoms with E-state index in [-0.39, 0.29) is 18.3 Å². The van der Waals surface area contributed by atoms with Crippen LogP contribution in [-0.2, 0) is 4.79 Å². The van der Waals surface area contributed by atoms with Crippen molar-refractivity contribution in [2.75, 3.05) is 13.2 Å². The highest BCUT2D eigenvalue weighted by atomic mass is 79.9. The van der Waals surface area contributed by atoms with E-state index in [1.807, 2.05) is 0 Å². The van der Waals surface area contributed by atoms with Crippen molar-refractivity contribution >= 4 is 27.9 Å². The zero-order valence-corrected chi connectivity index (χ0v) is 12.8. The third-order valence-electron chi connectivity index (χ3n) is 2.76. The third-order valence-corrected chi connectivity index (χ3v) is 3.25. The van der Waals surface area contributed by atoms with Gasteiger partial charge in [-0.25, -0.2) is 4.39 Å². The molecule has 0 spiro atoms. The summed E-state index contributed by atoms with van der Waals surface area (Å²) in [5.41, 5.74) is 0.373. The molecule has 0 atom stereocenters. The van der Waals surface area contributed by atoms with Crippen LogP contribution in [0.2, 0.25) is 0 Å². The first-order chi connectivity index (χ1) is 9.63. The molecule has 0 aliphatic heterocycles. The van der Waals surface area contributed by atoms with Gasteiger partial charge in [0, 0.05) is 29.3 Å². The molecule has 0 unspecified atom stereocenters. The lowest BCUT2D eigenvalue weighted by Gasteiger charge is -2.02. The molecule has 3 nitrogen and oxygen atoms in total. The van der Waals surface area contributed by atoms with Gasteiger partial charge in [0.25, 0.3) is 0 Å². The van der Waals surface area contributed by atoms with Crippen LogP contribution in [0.3, 0.4) is 0 Å². The van der Waals surface area contributed by atoms with Crippen molar-refractivity contribution in [3.8, 4) is 0 Å². The number of rotatable bonds is 8. The van der Waals surface area contributed by atoms with Crippen molar-refractivity contribution in [2.45, 2.75) is 25.7 Å². The fraction of sp³-hybridized carbons (Fsp3) is 0.400. The van der Waals surface area contributed by atoms with E-state index in [0.29, 0.717) is 12.1 Å². The molecule has 1 amide bonds. The van der Waals surface area contributed by atoms with Crippen LogP contribution in [0, 0.1) is 5.82 Å². The van der Waals surface area contributed by atoms with Gasteiger partial charge in [0.1, 0.15) is 5.82 Å². The number of amides is 1. The Labute approximate surface area is 127 Å². The van der Waals surface area contributed by atoms with E-state index in [0.717, 1.165) is 30.2 Å². The maximum absolute atomic E-state index is 13.4. The molecule has 0 saturated heterocycles. The summed E-state index contributed by atoms with van der Waals surface area (Å²) in [5, 5.41) is 11.4. The lowest BCUT2D eigenvalue weighted by atomic mass is 10.2. The Morgan fingerprint density at radius 3 is 2.80 bits per heavy atom. The number of hydrogen-bond acceptors (Lipinski definition) is 2. The van der Waals surface area contributed by atoms with Gasteiger partial charge in [-0.3, -0.25) is 4.79 Å². The summed E-state index contributed by atoms with van der Waals surface area (Å²) in [6.07, 6.45) is 6.41. The minimum absolute atomic E-state index is 0.216. The fourth-order valence-corrected chi connectivity index (χ4v) is 2.05. The SMILES string of the molecule is O=C(/C=C/c1cc(Br)ccc1F)NCCCCCCO. The summed E-state index contributed by atoms with van der Waals surface area (Å²) in [5.74, 6) is -0.590. The molecule has 0 aliphatic carbocycles. The zero-order chi connectivity index (χ0) is 14.8. The summed E-state index contributed by atoms with van der Waals surface area (Å²) < 4.78 is 14.2. The van der Waals surface area contributed by atoms with Crippen LogP contribution in [0.15, 0.2) is 28.7 Å². The zero-order valence-electron chi connectivity index (χ0n) is 11.2. The third kappa shape index (κ3) is 6.82. The first-order valence-electron chi connectivity index (χ1n) is 6.65. The Hall–Kier alpha value is -1.20. The number of aliphatic hydroxyl groups excluding tert-OH is 1. The molecular weight excluding hydrogens is 325 g/mol. The highest BCUT2D eigenvalue weighted by molar-refractivity contribution is 9.10. The summed E-state index contributed by atoms with van der Waals surface area (Å²) in [4.78, 5) is 11.5. The number of carbonyl (C=O) groups excluding carboxylic acids is 1. The van der Waals surface area contributed by atoms with Crippen molar-refractivity contribution in [3.05, 3.63) is 40.1 Å². The summed E-state index contributed by atoms with van der Waals surface area (Å²) in [6.45, 7) is 0.808. The Bertz CT molecular complexity index is 463. The fourth-order valence-electron chi connectivity index (χ4n) is 1.67. The number of halogens is 2. The van der Waals surface area contributed by atoms with Gasteiger partial charge in [0.2, 0.25) is 5.91 Å². The predicted octanol–water partition coefficient (Wildman–Crippen LogP) is 3.27. The Balaban J connectivity index is 2.31. The molecule has 1 aromatic rings. The van der Waals surface area contributed by atoms with Gasteiger partial charge < -0.3 is 10.4 Å². The van der Waals surface area contributed by atoms with Gasteiger partial charge in [0.15, 0.2) is 0 Å². The van der Waals surface area contributed by atoms with Gasteiger partial charge >= 0.3 is 0 Å². The second-order valence-corrected chi connectivity index (χ2v) is 5.34. The molecule has 0 bridgehead atoms. The average Bonchev–Trinajstić information content (AvgIpc) is 2.43. The van der Waals surface area contributed by atoms with Crippen LogP contribution in [0.1, 0.15) is 31.2 Å². The van der Waals surface area contributed by atoms with Crippen LogP contribution in [0.5, 0.6) is 0 Å². The van der Waals surface area contributed by atoms with Crippen LogP contribution in [0.25, 0.3) is 6.08 Å². The number of aliphatic hydroxyl groups is 1. The molecule has 0 saturated carbocycles. The number of benzene rings is 1. The van der Waals surface area contributed by atoms with Crippen molar-refractivity contribution in [1.82, 2.24) is 5.32 Å². The highest BCUT2D eigenvalue weighted by Crippen LogP contribution is 2.16. The summed E-state index contributed by atoms with van der Waals surface area (Å²) in [7, 11) is 0. The first-order valence-corrected chi connectivity index (χ1v) is 7.44. The van der Waals surface area contributed by atoms with E-state index in [9.17, 15) is 9.18 Å². The van der Waals surface area contributed by atoms with Crippen molar-refractivity contribution in [3.63, 3.8) is 0 Å². The van der Waals surface area contributed by atoms with E-state index >= 15 is 0 Å². The molecular formula is C15H19BrFNO2. The normalized spacial score (nSPS) is 10.9. The quantitative estimate of drug-likeness (QED) is 0.562. The lowest BCUT2D eigenvalue weighted by Crippen LogP contribution is -2.22. The average molecular weight is 344 g/mol. The first kappa shape index (κ1) is 16.9. The second kappa shape index (κ2) is 9.66. The van der Waals surface area contributed by atoms with E-state index in [2.05, 4.69) is 21.2 Å². The van der Waals surface area contributed by atoms with E-state index in [4.69, 9.17) is 5.11 Å². The molecule has 1 rings (SSSR count). The van der Waals surface area contributed by atoms with Gasteiger partial charge in [-0.15, -0.1) is 0 Å². The topological polar surface area (TPSA) is 49.3 Å². The molecule has 5 heteroatoms. The second-order valence-electron chi connectivity index (χ2n) is 4.43. The smallest absolute Gasteiger partial charge is 0.244 e. The van der Waals surface area contributed by atoms with E-state index in [1.165, 1.54) is 18.2 Å². The number of nitrogens with one attached hydrogen (secondary N) is 1. The number of hydrogen-bond donors (Lipinski definition) is 2. The minimum atomic E-state index is -0.360. The standard InChI is InChI=1S/C15H19BrFNO2/c16-13-6-7-14(17)12(11-13)5-8-15(20)18-9-3-1-2-4-10-19/h5-8,11,19H,1-4,9-10H2,(H,18,20)/b8-5+. The highest BCUT2D eigenvalue weighted by Gasteiger charge is 2.00. The lowest BCUT2D eigenvalue weighted by molar-refractivity contribution is -0.116. The molecule has 2 N–H and O–H groups in total. The van der Waals surface area contributed by atoms with Crippen molar-refractivity contribution in [1.29, 1.82) is 0 Å². The van der Waals surface area contributed by atoms with Crippen LogP contribution >= 0.6 is 15.9 Å². The molecule has 0 radical (unpaired) electrons. The molecule has 0 aliphatic rings. The van der Waals surface area contributed by atoms with Crippen LogP contribution in [-0.4, -0.2) is 24.2 Å². The van der Waals surface area contributed by atoms with Gasteiger partial charge in [-0.1, -0.05) is 28.8 Å². The predicted molar refractivity (Wildman–Crippen MR) is 81.7 cm³/mol. The monoisotopic (exact) mass is 343 g/mol. The van der Waals surface area contributed by atoms with E-state index < -0.39 is 0 Å². The Morgan fingerprint density at radius 1 is 1.30 bits per heavy atom. The van der Waals surface area contributed by atoms with Crippen molar-refractivity contribution in [2.24, 2.45) is 0 Å². The van der Waals surface area contributed by atoms with Crippen molar-refractivity contribution < 1.29 is 14.3 Å². The van der Waals surface area contributed by atoms with Gasteiger partial charge in [0.05, 0.1) is 0 Å². The molecule has 0 heterocycles. The molecule has 0 fully saturated rings. The molecule has 0 aromatic heterocycles. The van der Waals surface area contributed by atoms with E-state index in [1.54, 1.807) is 12.1 Å². The largest absolute Gasteiger partial charge is 0.396 e. The van der Waals surface area contributed by atoms with Gasteiger partial charge in [-0.05, 0) is 37.1 Å². The molecule has 1 aromatic carbocycles. The van der Waals surface area contributed by atoms with Crippen LogP contribution < -0.4 is 5.32 Å². The summed E-state index contributed by atoms with van der Waals surface area (Å²) >= 11 is 3.26. The molecule has 110 valence electrons. The maximum atomic E-state index is 13.4. The minimum Gasteiger partial charge on any atom is -0.396 e. The van der Waals surface area contributed by atoms with Crippen LogP contribution in [0.4, 0.5) is 4.39 Å². The molecule has 20 heavy (non-hydrogen) atoms. The Morgan fingerprint density at radius 2 is 2.05 bits per heavy atom. The Kier molecular flexibility index (Phi) is 8.14. The number of carbonyl (C=O) groups is 1. The maximum Gasteiger partial charge on any atom is 0.244 e. The number of unbranched alkanes of at least 4 members (excludes halogenated alkanes) is 3.